The zero-order valence-electron chi connectivity index (χ0n) is 14.0. The van der Waals surface area contributed by atoms with E-state index in [-0.39, 0.29) is 31.8 Å². The van der Waals surface area contributed by atoms with Crippen molar-refractivity contribution in [2.45, 2.75) is 19.5 Å². The summed E-state index contributed by atoms with van der Waals surface area (Å²) in [7, 11) is 0. The lowest BCUT2D eigenvalue weighted by atomic mass is 10.1. The summed E-state index contributed by atoms with van der Waals surface area (Å²) in [6, 6.07) is 3.73. The number of thiophene rings is 1. The number of pyridine rings is 1. The van der Waals surface area contributed by atoms with Crippen molar-refractivity contribution >= 4 is 50.4 Å². The molecule has 0 aliphatic heterocycles. The highest BCUT2D eigenvalue weighted by molar-refractivity contribution is 7.21. The Morgan fingerprint density at radius 1 is 1.29 bits per heavy atom. The molecule has 0 fully saturated rings. The van der Waals surface area contributed by atoms with E-state index in [1.165, 1.54) is 6.07 Å². The summed E-state index contributed by atoms with van der Waals surface area (Å²) in [5, 5.41) is 2.60. The van der Waals surface area contributed by atoms with Gasteiger partial charge in [0.2, 0.25) is 5.69 Å². The number of alkyl halides is 5. The number of anilines is 2. The van der Waals surface area contributed by atoms with Gasteiger partial charge in [-0.25, -0.2) is 0 Å². The number of amides is 1. The molecule has 0 saturated carbocycles. The summed E-state index contributed by atoms with van der Waals surface area (Å²) >= 11 is 6.70. The van der Waals surface area contributed by atoms with Gasteiger partial charge in [0, 0.05) is 6.07 Å². The SMILES string of the molecule is Cc1cc(C(F)F)[nH+]c2sc(C(=O)Nc3cc(C(F)(F)F)ccc3Cl)c(N)c12. The minimum Gasteiger partial charge on any atom is -0.397 e. The number of fused-ring (bicyclic) bond motifs is 1. The van der Waals surface area contributed by atoms with Crippen LogP contribution in [0.5, 0.6) is 0 Å². The van der Waals surface area contributed by atoms with Crippen molar-refractivity contribution in [1.82, 2.24) is 0 Å². The van der Waals surface area contributed by atoms with Crippen LogP contribution in [0.1, 0.15) is 32.9 Å². The number of nitrogens with one attached hydrogen (secondary N) is 2. The summed E-state index contributed by atoms with van der Waals surface area (Å²) in [5.74, 6) is -0.800. The lowest BCUT2D eigenvalue weighted by Gasteiger charge is -2.11. The van der Waals surface area contributed by atoms with Gasteiger partial charge in [-0.05, 0) is 30.7 Å². The van der Waals surface area contributed by atoms with Gasteiger partial charge in [-0.3, -0.25) is 4.79 Å². The van der Waals surface area contributed by atoms with Gasteiger partial charge in [0.25, 0.3) is 10.7 Å². The Kier molecular flexibility index (Phi) is 5.20. The van der Waals surface area contributed by atoms with E-state index in [2.05, 4.69) is 10.3 Å². The summed E-state index contributed by atoms with van der Waals surface area (Å²) in [5.41, 5.74) is 4.90. The molecule has 4 N–H and O–H groups in total. The van der Waals surface area contributed by atoms with E-state index >= 15 is 0 Å². The maximum absolute atomic E-state index is 13.0. The molecule has 0 aliphatic carbocycles. The summed E-state index contributed by atoms with van der Waals surface area (Å²) in [6.45, 7) is 1.57. The highest BCUT2D eigenvalue weighted by Crippen LogP contribution is 2.37. The number of benzene rings is 1. The first-order valence-electron chi connectivity index (χ1n) is 7.70. The predicted octanol–water partition coefficient (Wildman–Crippen LogP) is 5.47. The minimum atomic E-state index is -4.61. The normalized spacial score (nSPS) is 12.0. The molecular formula is C17H12ClF5N3OS+. The first-order valence-corrected chi connectivity index (χ1v) is 8.89. The zero-order chi connectivity index (χ0) is 20.8. The van der Waals surface area contributed by atoms with Gasteiger partial charge in [-0.2, -0.15) is 26.9 Å². The second-order valence-corrected chi connectivity index (χ2v) is 7.33. The Morgan fingerprint density at radius 2 is 1.96 bits per heavy atom. The van der Waals surface area contributed by atoms with Gasteiger partial charge >= 0.3 is 12.6 Å². The van der Waals surface area contributed by atoms with Crippen LogP contribution >= 0.6 is 22.9 Å². The molecule has 0 atom stereocenters. The van der Waals surface area contributed by atoms with Crippen LogP contribution in [0.2, 0.25) is 5.02 Å². The third-order valence-corrected chi connectivity index (χ3v) is 5.40. The molecule has 0 unspecified atom stereocenters. The number of hydrogen-bond acceptors (Lipinski definition) is 3. The molecule has 0 spiro atoms. The van der Waals surface area contributed by atoms with E-state index in [1.807, 2.05) is 0 Å². The fourth-order valence-electron chi connectivity index (χ4n) is 2.66. The van der Waals surface area contributed by atoms with Gasteiger partial charge in [0.15, 0.2) is 0 Å². The van der Waals surface area contributed by atoms with Gasteiger partial charge in [0.1, 0.15) is 4.88 Å². The Morgan fingerprint density at radius 3 is 2.57 bits per heavy atom. The predicted molar refractivity (Wildman–Crippen MR) is 96.9 cm³/mol. The Labute approximate surface area is 164 Å². The largest absolute Gasteiger partial charge is 0.416 e. The number of carbonyl (C=O) groups excluding carboxylic acids is 1. The van der Waals surface area contributed by atoms with E-state index in [4.69, 9.17) is 17.3 Å². The molecule has 0 saturated heterocycles. The second-order valence-electron chi connectivity index (χ2n) is 5.90. The molecule has 1 amide bonds. The van der Waals surface area contributed by atoms with Crippen LogP contribution in [0.25, 0.3) is 10.2 Å². The first kappa shape index (κ1) is 20.3. The number of nitrogen functional groups attached to an aromatic ring is 1. The Balaban J connectivity index is 2.01. The van der Waals surface area contributed by atoms with Crippen molar-refractivity contribution in [3.63, 3.8) is 0 Å². The van der Waals surface area contributed by atoms with Gasteiger partial charge in [-0.1, -0.05) is 22.9 Å². The van der Waals surface area contributed by atoms with E-state index in [0.717, 1.165) is 23.5 Å². The standard InChI is InChI=1S/C17H11ClF5N3OS/c1-6-4-10(14(19)20)26-16-11(6)12(24)13(28-16)15(27)25-9-5-7(17(21,22)23)2-3-8(9)18/h2-5,14H,24H2,1H3,(H,25,27)/p+1. The van der Waals surface area contributed by atoms with Crippen molar-refractivity contribution in [2.24, 2.45) is 0 Å². The average molecular weight is 437 g/mol. The quantitative estimate of drug-likeness (QED) is 0.535. The molecular weight excluding hydrogens is 425 g/mol. The molecule has 0 bridgehead atoms. The van der Waals surface area contributed by atoms with Crippen molar-refractivity contribution in [3.05, 3.63) is 51.0 Å². The average Bonchev–Trinajstić information content (AvgIpc) is 2.93. The van der Waals surface area contributed by atoms with Crippen LogP contribution in [-0.2, 0) is 6.18 Å². The number of halogens is 6. The summed E-state index contributed by atoms with van der Waals surface area (Å²) in [4.78, 5) is 15.3. The van der Waals surface area contributed by atoms with E-state index in [0.29, 0.717) is 17.0 Å². The smallest absolute Gasteiger partial charge is 0.397 e. The number of aryl methyl sites for hydroxylation is 1. The number of rotatable bonds is 3. The number of aromatic amines is 1. The van der Waals surface area contributed by atoms with Gasteiger partial charge in [0.05, 0.1) is 27.3 Å². The molecule has 2 heterocycles. The molecule has 11 heteroatoms. The molecule has 148 valence electrons. The molecule has 3 aromatic rings. The highest BCUT2D eigenvalue weighted by atomic mass is 35.5. The van der Waals surface area contributed by atoms with Crippen LogP contribution in [0.4, 0.5) is 33.3 Å². The maximum Gasteiger partial charge on any atom is 0.416 e. The lowest BCUT2D eigenvalue weighted by Crippen LogP contribution is -2.13. The number of hydrogen-bond donors (Lipinski definition) is 2. The zero-order valence-corrected chi connectivity index (χ0v) is 15.6. The van der Waals surface area contributed by atoms with Crippen LogP contribution in [0, 0.1) is 6.92 Å². The van der Waals surface area contributed by atoms with Crippen molar-refractivity contribution in [1.29, 1.82) is 0 Å². The number of nitrogens with two attached hydrogens (primary N) is 1. The molecule has 0 radical (unpaired) electrons. The summed E-state index contributed by atoms with van der Waals surface area (Å²) < 4.78 is 64.5. The topological polar surface area (TPSA) is 69.3 Å². The molecule has 0 aliphatic rings. The summed E-state index contributed by atoms with van der Waals surface area (Å²) in [6.07, 6.45) is -7.36. The molecule has 1 aromatic carbocycles. The number of carbonyl (C=O) groups is 1. The van der Waals surface area contributed by atoms with Crippen LogP contribution in [-0.4, -0.2) is 5.91 Å². The van der Waals surface area contributed by atoms with E-state index < -0.39 is 24.1 Å². The van der Waals surface area contributed by atoms with Gasteiger partial charge < -0.3 is 11.1 Å². The third kappa shape index (κ3) is 3.74. The first-order chi connectivity index (χ1) is 13.0. The maximum atomic E-state index is 13.0. The Hall–Kier alpha value is -2.46. The van der Waals surface area contributed by atoms with Crippen molar-refractivity contribution < 1.29 is 31.7 Å². The number of aromatic nitrogens is 1. The molecule has 2 aromatic heterocycles. The highest BCUT2D eigenvalue weighted by Gasteiger charge is 2.31. The van der Waals surface area contributed by atoms with Crippen LogP contribution < -0.4 is 16.0 Å². The molecule has 3 rings (SSSR count). The second kappa shape index (κ2) is 7.17. The fraction of sp³-hybridized carbons (Fsp3) is 0.176. The van der Waals surface area contributed by atoms with Crippen LogP contribution in [0.15, 0.2) is 24.3 Å². The third-order valence-electron chi connectivity index (χ3n) is 3.95. The molecule has 28 heavy (non-hydrogen) atoms. The van der Waals surface area contributed by atoms with Gasteiger partial charge in [-0.15, -0.1) is 0 Å². The monoisotopic (exact) mass is 436 g/mol. The lowest BCUT2D eigenvalue weighted by molar-refractivity contribution is -0.368. The number of H-pyrrole nitrogens is 1. The van der Waals surface area contributed by atoms with E-state index in [9.17, 15) is 26.7 Å². The molecule has 4 nitrogen and oxygen atoms in total. The van der Waals surface area contributed by atoms with Crippen molar-refractivity contribution in [2.75, 3.05) is 11.1 Å². The van der Waals surface area contributed by atoms with Crippen molar-refractivity contribution in [3.8, 4) is 0 Å². The van der Waals surface area contributed by atoms with Crippen LogP contribution in [0.3, 0.4) is 0 Å². The Bertz CT molecular complexity index is 1080. The fourth-order valence-corrected chi connectivity index (χ4v) is 3.93. The van der Waals surface area contributed by atoms with E-state index in [1.54, 1.807) is 6.92 Å². The minimum absolute atomic E-state index is 0.0331.